The molecule has 0 saturated heterocycles. The highest BCUT2D eigenvalue weighted by Crippen LogP contribution is 2.21. The number of halogens is 2. The van der Waals surface area contributed by atoms with Crippen LogP contribution in [0.4, 0.5) is 4.39 Å². The van der Waals surface area contributed by atoms with Crippen molar-refractivity contribution in [3.05, 3.63) is 34.6 Å². The zero-order valence-corrected chi connectivity index (χ0v) is 9.74. The summed E-state index contributed by atoms with van der Waals surface area (Å²) in [5.41, 5.74) is 0.567. The molecule has 0 bridgehead atoms. The van der Waals surface area contributed by atoms with Crippen LogP contribution in [-0.4, -0.2) is 0 Å². The van der Waals surface area contributed by atoms with Crippen LogP contribution in [0.25, 0.3) is 0 Å². The normalized spacial score (nSPS) is 11.7. The van der Waals surface area contributed by atoms with Crippen LogP contribution in [0.3, 0.4) is 0 Å². The van der Waals surface area contributed by atoms with Crippen molar-refractivity contribution < 1.29 is 4.39 Å². The minimum absolute atomic E-state index is 0.138. The fourth-order valence-electron chi connectivity index (χ4n) is 1.36. The monoisotopic (exact) mass is 224 g/mol. The van der Waals surface area contributed by atoms with E-state index >= 15 is 0 Å². The first-order valence-electron chi connectivity index (χ1n) is 5.06. The third-order valence-electron chi connectivity index (χ3n) is 2.10. The molecule has 0 radical (unpaired) electrons. The maximum atomic E-state index is 13.4. The van der Waals surface area contributed by atoms with Gasteiger partial charge < -0.3 is 0 Å². The van der Waals surface area contributed by atoms with Gasteiger partial charge in [-0.05, 0) is 18.6 Å². The van der Waals surface area contributed by atoms with E-state index < -0.39 is 0 Å². The van der Waals surface area contributed by atoms with Crippen LogP contribution < -0.4 is 0 Å². The predicted molar refractivity (Wildman–Crippen MR) is 62.3 cm³/mol. The van der Waals surface area contributed by atoms with Crippen LogP contribution >= 0.6 is 11.6 Å². The molecule has 1 unspecified atom stereocenters. The Hall–Kier alpha value is -1.00. The summed E-state index contributed by atoms with van der Waals surface area (Å²) in [7, 11) is 0. The Kier molecular flexibility index (Phi) is 4.65. The van der Waals surface area contributed by atoms with Crippen LogP contribution in [0.15, 0.2) is 18.2 Å². The third-order valence-corrected chi connectivity index (χ3v) is 2.45. The van der Waals surface area contributed by atoms with Crippen LogP contribution in [0.2, 0.25) is 5.02 Å². The summed E-state index contributed by atoms with van der Waals surface area (Å²) < 4.78 is 13.4. The first-order chi connectivity index (χ1) is 7.15. The lowest BCUT2D eigenvalue weighted by molar-refractivity contribution is 0.595. The Bertz CT molecular complexity index is 367. The molecule has 1 aromatic carbocycles. The highest BCUT2D eigenvalue weighted by Gasteiger charge is 2.09. The van der Waals surface area contributed by atoms with Gasteiger partial charge in [-0.1, -0.05) is 37.4 Å². The lowest BCUT2D eigenvalue weighted by Gasteiger charge is -2.07. The molecule has 0 aliphatic rings. The summed E-state index contributed by atoms with van der Waals surface area (Å²) >= 11 is 5.92. The van der Waals surface area contributed by atoms with Crippen LogP contribution in [0.5, 0.6) is 0 Å². The number of benzene rings is 1. The molecule has 1 rings (SSSR count). The molecule has 0 nitrogen and oxygen atoms in total. The number of hydrogen-bond donors (Lipinski definition) is 0. The minimum Gasteiger partial charge on any atom is -0.207 e. The SMILES string of the molecule is CCC#CC(C)Cc1c(F)cccc1Cl. The van der Waals surface area contributed by atoms with Gasteiger partial charge in [0, 0.05) is 22.9 Å². The molecule has 0 N–H and O–H groups in total. The van der Waals surface area contributed by atoms with Crippen molar-refractivity contribution in [1.82, 2.24) is 0 Å². The largest absolute Gasteiger partial charge is 0.207 e. The van der Waals surface area contributed by atoms with E-state index in [4.69, 9.17) is 11.6 Å². The lowest BCUT2D eigenvalue weighted by Crippen LogP contribution is -2.00. The van der Waals surface area contributed by atoms with Crippen LogP contribution in [0, 0.1) is 23.6 Å². The molecule has 15 heavy (non-hydrogen) atoms. The van der Waals surface area contributed by atoms with E-state index in [9.17, 15) is 4.39 Å². The first-order valence-corrected chi connectivity index (χ1v) is 5.44. The molecule has 0 amide bonds. The van der Waals surface area contributed by atoms with Crippen molar-refractivity contribution in [3.8, 4) is 11.8 Å². The molecule has 0 aromatic heterocycles. The van der Waals surface area contributed by atoms with E-state index in [0.29, 0.717) is 17.0 Å². The number of rotatable bonds is 2. The topological polar surface area (TPSA) is 0 Å². The lowest BCUT2D eigenvalue weighted by atomic mass is 10.0. The quantitative estimate of drug-likeness (QED) is 0.665. The molecular weight excluding hydrogens is 211 g/mol. The smallest absolute Gasteiger partial charge is 0.127 e. The van der Waals surface area contributed by atoms with Gasteiger partial charge in [0.1, 0.15) is 5.82 Å². The van der Waals surface area contributed by atoms with Crippen LogP contribution in [-0.2, 0) is 6.42 Å². The molecule has 0 fully saturated rings. The molecule has 0 aliphatic heterocycles. The second kappa shape index (κ2) is 5.78. The van der Waals surface area contributed by atoms with E-state index in [0.717, 1.165) is 6.42 Å². The molecule has 0 aliphatic carbocycles. The van der Waals surface area contributed by atoms with Crippen molar-refractivity contribution >= 4 is 11.6 Å². The van der Waals surface area contributed by atoms with Gasteiger partial charge in [0.15, 0.2) is 0 Å². The molecule has 2 heteroatoms. The first kappa shape index (κ1) is 12.1. The zero-order chi connectivity index (χ0) is 11.3. The van der Waals surface area contributed by atoms with Crippen LogP contribution in [0.1, 0.15) is 25.8 Å². The summed E-state index contributed by atoms with van der Waals surface area (Å²) in [6.45, 7) is 3.97. The maximum absolute atomic E-state index is 13.4. The standard InChI is InChI=1S/C13H14ClF/c1-3-4-6-10(2)9-11-12(14)7-5-8-13(11)15/h5,7-8,10H,3,9H2,1-2H3. The molecule has 1 atom stereocenters. The second-order valence-corrected chi connectivity index (χ2v) is 3.89. The fourth-order valence-corrected chi connectivity index (χ4v) is 1.60. The number of hydrogen-bond acceptors (Lipinski definition) is 0. The summed E-state index contributed by atoms with van der Waals surface area (Å²) in [5, 5.41) is 0.486. The maximum Gasteiger partial charge on any atom is 0.127 e. The van der Waals surface area contributed by atoms with E-state index in [1.54, 1.807) is 12.1 Å². The van der Waals surface area contributed by atoms with Crippen molar-refractivity contribution in [2.75, 3.05) is 0 Å². The summed E-state index contributed by atoms with van der Waals surface area (Å²) in [4.78, 5) is 0. The highest BCUT2D eigenvalue weighted by molar-refractivity contribution is 6.31. The van der Waals surface area contributed by atoms with Gasteiger partial charge in [0.2, 0.25) is 0 Å². The van der Waals surface area contributed by atoms with E-state index in [2.05, 4.69) is 11.8 Å². The van der Waals surface area contributed by atoms with E-state index in [1.165, 1.54) is 6.07 Å². The molecule has 0 heterocycles. The fraction of sp³-hybridized carbons (Fsp3) is 0.385. The van der Waals surface area contributed by atoms with Crippen molar-refractivity contribution in [1.29, 1.82) is 0 Å². The zero-order valence-electron chi connectivity index (χ0n) is 8.98. The highest BCUT2D eigenvalue weighted by atomic mass is 35.5. The molecule has 1 aromatic rings. The minimum atomic E-state index is -0.243. The Morgan fingerprint density at radius 2 is 2.20 bits per heavy atom. The van der Waals surface area contributed by atoms with Crippen molar-refractivity contribution in [2.45, 2.75) is 26.7 Å². The van der Waals surface area contributed by atoms with Gasteiger partial charge >= 0.3 is 0 Å². The molecule has 0 saturated carbocycles. The van der Waals surface area contributed by atoms with Gasteiger partial charge in [-0.2, -0.15) is 0 Å². The van der Waals surface area contributed by atoms with E-state index in [-0.39, 0.29) is 11.7 Å². The Morgan fingerprint density at radius 1 is 1.47 bits per heavy atom. The summed E-state index contributed by atoms with van der Waals surface area (Å²) in [6, 6.07) is 4.75. The van der Waals surface area contributed by atoms with Gasteiger partial charge in [-0.15, -0.1) is 5.92 Å². The average Bonchev–Trinajstić information content (AvgIpc) is 2.21. The Morgan fingerprint density at radius 3 is 2.80 bits per heavy atom. The van der Waals surface area contributed by atoms with Gasteiger partial charge in [-0.3, -0.25) is 0 Å². The second-order valence-electron chi connectivity index (χ2n) is 3.48. The summed E-state index contributed by atoms with van der Waals surface area (Å²) in [6.07, 6.45) is 1.40. The Labute approximate surface area is 95.5 Å². The molecular formula is C13H14ClF. The third kappa shape index (κ3) is 3.57. The van der Waals surface area contributed by atoms with Gasteiger partial charge in [-0.25, -0.2) is 4.39 Å². The van der Waals surface area contributed by atoms with Crippen molar-refractivity contribution in [3.63, 3.8) is 0 Å². The Balaban J connectivity index is 2.80. The van der Waals surface area contributed by atoms with Crippen molar-refractivity contribution in [2.24, 2.45) is 5.92 Å². The van der Waals surface area contributed by atoms with E-state index in [1.807, 2.05) is 13.8 Å². The predicted octanol–water partition coefficient (Wildman–Crippen LogP) is 4.07. The van der Waals surface area contributed by atoms with Gasteiger partial charge in [0.05, 0.1) is 0 Å². The molecule has 0 spiro atoms. The summed E-state index contributed by atoms with van der Waals surface area (Å²) in [5.74, 6) is 5.95. The average molecular weight is 225 g/mol. The molecule has 80 valence electrons. The van der Waals surface area contributed by atoms with Gasteiger partial charge in [0.25, 0.3) is 0 Å².